The fourth-order valence-electron chi connectivity index (χ4n) is 2.84. The Kier molecular flexibility index (Phi) is 4.33. The Morgan fingerprint density at radius 1 is 1.17 bits per heavy atom. The molecule has 23 heavy (non-hydrogen) atoms. The monoisotopic (exact) mass is 314 g/mol. The summed E-state index contributed by atoms with van der Waals surface area (Å²) in [5.74, 6) is -1.17. The lowest BCUT2D eigenvalue weighted by molar-refractivity contribution is 0.0244. The van der Waals surface area contributed by atoms with Crippen LogP contribution in [0.5, 0.6) is 5.75 Å². The van der Waals surface area contributed by atoms with Gasteiger partial charge in [0.25, 0.3) is 0 Å². The topological polar surface area (TPSA) is 35.5 Å². The molecule has 2 aromatic carbocycles. The van der Waals surface area contributed by atoms with Crippen molar-refractivity contribution in [2.24, 2.45) is 0 Å². The van der Waals surface area contributed by atoms with Crippen LogP contribution >= 0.6 is 0 Å². The van der Waals surface area contributed by atoms with Crippen molar-refractivity contribution in [3.05, 3.63) is 64.5 Å². The lowest BCUT2D eigenvalue weighted by Crippen LogP contribution is -2.23. The van der Waals surface area contributed by atoms with Gasteiger partial charge in [-0.25, -0.2) is 9.18 Å². The van der Waals surface area contributed by atoms with Crippen LogP contribution in [0.15, 0.2) is 36.4 Å². The molecule has 0 N–H and O–H groups in total. The Labute approximate surface area is 135 Å². The number of rotatable bonds is 4. The third-order valence-electron chi connectivity index (χ3n) is 4.11. The van der Waals surface area contributed by atoms with Gasteiger partial charge in [-0.1, -0.05) is 37.3 Å². The maximum Gasteiger partial charge on any atom is 0.342 e. The molecule has 3 nitrogen and oxygen atoms in total. The first-order valence-corrected chi connectivity index (χ1v) is 7.88. The summed E-state index contributed by atoms with van der Waals surface area (Å²) in [6.07, 6.45) is 1.05. The molecule has 2 aromatic rings. The van der Waals surface area contributed by atoms with Crippen molar-refractivity contribution >= 4 is 5.97 Å². The van der Waals surface area contributed by atoms with Crippen LogP contribution < -0.4 is 4.74 Å². The molecule has 0 spiro atoms. The van der Waals surface area contributed by atoms with E-state index < -0.39 is 11.8 Å². The van der Waals surface area contributed by atoms with Crippen molar-refractivity contribution in [3.63, 3.8) is 0 Å². The van der Waals surface area contributed by atoms with Crippen LogP contribution in [-0.2, 0) is 17.6 Å². The van der Waals surface area contributed by atoms with Gasteiger partial charge in [0.2, 0.25) is 0 Å². The number of halogens is 1. The minimum Gasteiger partial charge on any atom is -0.491 e. The maximum absolute atomic E-state index is 14.4. The van der Waals surface area contributed by atoms with E-state index in [-0.39, 0.29) is 17.4 Å². The summed E-state index contributed by atoms with van der Waals surface area (Å²) < 4.78 is 25.1. The van der Waals surface area contributed by atoms with Gasteiger partial charge >= 0.3 is 5.97 Å². The van der Waals surface area contributed by atoms with Gasteiger partial charge in [-0.15, -0.1) is 0 Å². The van der Waals surface area contributed by atoms with E-state index in [1.807, 2.05) is 24.3 Å². The number of cyclic esters (lactones) is 1. The number of fused-ring (bicyclic) bond motifs is 1. The molecule has 3 rings (SSSR count). The predicted molar refractivity (Wildman–Crippen MR) is 85.2 cm³/mol. The molecule has 0 bridgehead atoms. The molecule has 4 heteroatoms. The Morgan fingerprint density at radius 2 is 1.91 bits per heavy atom. The summed E-state index contributed by atoms with van der Waals surface area (Å²) in [5, 5.41) is 0. The van der Waals surface area contributed by atoms with Crippen LogP contribution in [0.3, 0.4) is 0 Å². The molecule has 0 saturated heterocycles. The standard InChI is InChI=1S/C19H19FO3/c1-3-12-5-7-13(8-6-12)16-11-14-9-10-15(22-4-2)18(20)17(14)19(21)23-16/h5-10,16H,3-4,11H2,1-2H3. The minimum atomic E-state index is -0.630. The zero-order chi connectivity index (χ0) is 16.4. The van der Waals surface area contributed by atoms with Gasteiger partial charge in [-0.2, -0.15) is 0 Å². The summed E-state index contributed by atoms with van der Waals surface area (Å²) in [6, 6.07) is 11.3. The van der Waals surface area contributed by atoms with Gasteiger partial charge in [-0.3, -0.25) is 0 Å². The van der Waals surface area contributed by atoms with E-state index in [4.69, 9.17) is 9.47 Å². The van der Waals surface area contributed by atoms with Crippen LogP contribution in [0.1, 0.15) is 47.0 Å². The Morgan fingerprint density at radius 3 is 2.57 bits per heavy atom. The first kappa shape index (κ1) is 15.5. The van der Waals surface area contributed by atoms with Crippen molar-refractivity contribution in [1.29, 1.82) is 0 Å². The van der Waals surface area contributed by atoms with Crippen molar-refractivity contribution in [1.82, 2.24) is 0 Å². The van der Waals surface area contributed by atoms with Gasteiger partial charge in [-0.05, 0) is 36.1 Å². The van der Waals surface area contributed by atoms with Gasteiger partial charge in [0.15, 0.2) is 11.6 Å². The maximum atomic E-state index is 14.4. The first-order valence-electron chi connectivity index (χ1n) is 7.88. The van der Waals surface area contributed by atoms with E-state index in [1.54, 1.807) is 19.1 Å². The van der Waals surface area contributed by atoms with E-state index >= 15 is 0 Å². The van der Waals surface area contributed by atoms with E-state index in [2.05, 4.69) is 6.92 Å². The van der Waals surface area contributed by atoms with Crippen molar-refractivity contribution in [2.45, 2.75) is 32.8 Å². The van der Waals surface area contributed by atoms with E-state index in [9.17, 15) is 9.18 Å². The second-order valence-electron chi connectivity index (χ2n) is 5.54. The fourth-order valence-corrected chi connectivity index (χ4v) is 2.84. The molecular weight excluding hydrogens is 295 g/mol. The quantitative estimate of drug-likeness (QED) is 0.792. The third kappa shape index (κ3) is 2.93. The number of aryl methyl sites for hydroxylation is 1. The molecule has 0 fully saturated rings. The molecule has 1 unspecified atom stereocenters. The Hall–Kier alpha value is -2.36. The number of hydrogen-bond donors (Lipinski definition) is 0. The second kappa shape index (κ2) is 6.41. The van der Waals surface area contributed by atoms with Crippen LogP contribution in [-0.4, -0.2) is 12.6 Å². The van der Waals surface area contributed by atoms with Gasteiger partial charge in [0.1, 0.15) is 11.7 Å². The highest BCUT2D eigenvalue weighted by Crippen LogP contribution is 2.34. The van der Waals surface area contributed by atoms with Crippen LogP contribution in [0.2, 0.25) is 0 Å². The van der Waals surface area contributed by atoms with E-state index in [0.717, 1.165) is 12.0 Å². The summed E-state index contributed by atoms with van der Waals surface area (Å²) >= 11 is 0. The number of carbonyl (C=O) groups excluding carboxylic acids is 1. The summed E-state index contributed by atoms with van der Waals surface area (Å²) in [4.78, 5) is 12.3. The number of carbonyl (C=O) groups is 1. The van der Waals surface area contributed by atoms with Crippen molar-refractivity contribution < 1.29 is 18.7 Å². The van der Waals surface area contributed by atoms with E-state index in [0.29, 0.717) is 18.6 Å². The average Bonchev–Trinajstić information content (AvgIpc) is 2.57. The molecule has 0 aromatic heterocycles. The van der Waals surface area contributed by atoms with Crippen molar-refractivity contribution in [3.8, 4) is 5.75 Å². The molecule has 1 heterocycles. The molecule has 1 aliphatic heterocycles. The third-order valence-corrected chi connectivity index (χ3v) is 4.11. The highest BCUT2D eigenvalue weighted by atomic mass is 19.1. The smallest absolute Gasteiger partial charge is 0.342 e. The van der Waals surface area contributed by atoms with Crippen LogP contribution in [0.25, 0.3) is 0 Å². The largest absolute Gasteiger partial charge is 0.491 e. The second-order valence-corrected chi connectivity index (χ2v) is 5.54. The minimum absolute atomic E-state index is 0.00243. The molecular formula is C19H19FO3. The van der Waals surface area contributed by atoms with Crippen LogP contribution in [0, 0.1) is 5.82 Å². The molecule has 0 radical (unpaired) electrons. The van der Waals surface area contributed by atoms with Gasteiger partial charge in [0.05, 0.1) is 6.61 Å². The van der Waals surface area contributed by atoms with Crippen molar-refractivity contribution in [2.75, 3.05) is 6.61 Å². The number of hydrogen-bond acceptors (Lipinski definition) is 3. The first-order chi connectivity index (χ1) is 11.1. The molecule has 0 aliphatic carbocycles. The summed E-state index contributed by atoms with van der Waals surface area (Å²) in [7, 11) is 0. The summed E-state index contributed by atoms with van der Waals surface area (Å²) in [5.41, 5.74) is 2.81. The Balaban J connectivity index is 1.91. The number of benzene rings is 2. The number of ether oxygens (including phenoxy) is 2. The zero-order valence-corrected chi connectivity index (χ0v) is 13.3. The average molecular weight is 314 g/mol. The van der Waals surface area contributed by atoms with Gasteiger partial charge < -0.3 is 9.47 Å². The molecule has 0 amide bonds. The predicted octanol–water partition coefficient (Wildman–Crippen LogP) is 4.24. The highest BCUT2D eigenvalue weighted by Gasteiger charge is 2.31. The SMILES string of the molecule is CCOc1ccc2c(c1F)C(=O)OC(c1ccc(CC)cc1)C2. The van der Waals surface area contributed by atoms with E-state index in [1.165, 1.54) is 5.56 Å². The molecule has 1 atom stereocenters. The van der Waals surface area contributed by atoms with Gasteiger partial charge in [0, 0.05) is 6.42 Å². The highest BCUT2D eigenvalue weighted by molar-refractivity contribution is 5.93. The molecule has 120 valence electrons. The molecule has 0 saturated carbocycles. The lowest BCUT2D eigenvalue weighted by atomic mass is 9.93. The normalized spacial score (nSPS) is 16.7. The Bertz CT molecular complexity index is 722. The lowest BCUT2D eigenvalue weighted by Gasteiger charge is -2.26. The number of esters is 1. The summed E-state index contributed by atoms with van der Waals surface area (Å²) in [6.45, 7) is 4.20. The molecule has 1 aliphatic rings. The fraction of sp³-hybridized carbons (Fsp3) is 0.316. The van der Waals surface area contributed by atoms with Crippen LogP contribution in [0.4, 0.5) is 4.39 Å². The zero-order valence-electron chi connectivity index (χ0n) is 13.3.